The van der Waals surface area contributed by atoms with E-state index in [9.17, 15) is 10.4 Å². The van der Waals surface area contributed by atoms with Gasteiger partial charge in [0.15, 0.2) is 0 Å². The van der Waals surface area contributed by atoms with E-state index in [2.05, 4.69) is 26.6 Å². The molecular weight excluding hydrogens is 390 g/mol. The van der Waals surface area contributed by atoms with E-state index in [-0.39, 0.29) is 10.9 Å². The first kappa shape index (κ1) is 18.0. The van der Waals surface area contributed by atoms with E-state index < -0.39 is 0 Å². The molecule has 1 aliphatic heterocycles. The van der Waals surface area contributed by atoms with Crippen LogP contribution in [0.5, 0.6) is 5.75 Å². The summed E-state index contributed by atoms with van der Waals surface area (Å²) in [7, 11) is 0. The molecule has 2 aromatic carbocycles. The summed E-state index contributed by atoms with van der Waals surface area (Å²) in [5, 5.41) is 33.0. The number of thiocarbonyl (C=S) groups is 1. The Morgan fingerprint density at radius 1 is 1.14 bits per heavy atom. The highest BCUT2D eigenvalue weighted by Gasteiger charge is 2.24. The normalized spacial score (nSPS) is 11.1. The fraction of sp³-hybridized carbons (Fsp3) is 0.0500. The lowest BCUT2D eigenvalue weighted by molar-refractivity contribution is 0.484. The molecule has 0 saturated heterocycles. The molecule has 4 rings (SSSR count). The molecule has 2 aliphatic rings. The number of nitrogens with one attached hydrogen (secondary N) is 1. The number of hydrogen-bond donors (Lipinski definition) is 2. The molecule has 6 nitrogen and oxygen atoms in total. The summed E-state index contributed by atoms with van der Waals surface area (Å²) >= 11 is 6.25. The largest absolute Gasteiger partial charge is 0.507 e. The number of fused-ring (bicyclic) bond motifs is 3. The van der Waals surface area contributed by atoms with Crippen molar-refractivity contribution in [3.05, 3.63) is 65.0 Å². The molecule has 0 bridgehead atoms. The Balaban J connectivity index is 1.63. The molecule has 2 N–H and O–H groups in total. The van der Waals surface area contributed by atoms with Crippen LogP contribution in [0.1, 0.15) is 10.4 Å². The van der Waals surface area contributed by atoms with Crippen molar-refractivity contribution in [3.8, 4) is 23.1 Å². The minimum atomic E-state index is 0.0643. The van der Waals surface area contributed by atoms with Gasteiger partial charge in [0.05, 0.1) is 11.3 Å². The molecule has 0 aromatic heterocycles. The third kappa shape index (κ3) is 3.41. The van der Waals surface area contributed by atoms with Crippen molar-refractivity contribution < 1.29 is 5.11 Å². The maximum Gasteiger partial charge on any atom is 0.231 e. The number of nitriles is 1. The van der Waals surface area contributed by atoms with Gasteiger partial charge in [-0.25, -0.2) is 4.98 Å². The lowest BCUT2D eigenvalue weighted by Crippen LogP contribution is -2.18. The molecule has 0 fully saturated rings. The molecule has 0 saturated carbocycles. The van der Waals surface area contributed by atoms with Crippen molar-refractivity contribution in [3.63, 3.8) is 0 Å². The van der Waals surface area contributed by atoms with E-state index in [0.29, 0.717) is 33.2 Å². The molecule has 0 radical (unpaired) electrons. The smallest absolute Gasteiger partial charge is 0.231 e. The van der Waals surface area contributed by atoms with Crippen molar-refractivity contribution in [1.29, 1.82) is 5.26 Å². The van der Waals surface area contributed by atoms with Crippen molar-refractivity contribution in [2.75, 3.05) is 0 Å². The minimum absolute atomic E-state index is 0.0643. The van der Waals surface area contributed by atoms with Gasteiger partial charge in [-0.05, 0) is 17.8 Å². The fourth-order valence-corrected chi connectivity index (χ4v) is 3.74. The lowest BCUT2D eigenvalue weighted by Gasteiger charge is -2.04. The lowest BCUT2D eigenvalue weighted by atomic mass is 10.2. The van der Waals surface area contributed by atoms with Gasteiger partial charge < -0.3 is 10.4 Å². The summed E-state index contributed by atoms with van der Waals surface area (Å²) in [5.41, 5.74) is 2.05. The highest BCUT2D eigenvalue weighted by Crippen LogP contribution is 2.47. The zero-order chi connectivity index (χ0) is 19.5. The van der Waals surface area contributed by atoms with Gasteiger partial charge in [-0.2, -0.15) is 5.26 Å². The zero-order valence-corrected chi connectivity index (χ0v) is 16.1. The average molecular weight is 403 g/mol. The van der Waals surface area contributed by atoms with Gasteiger partial charge in [0.25, 0.3) is 0 Å². The number of aromatic hydroxyl groups is 1. The predicted molar refractivity (Wildman–Crippen MR) is 113 cm³/mol. The molecular formula is C20H13N5OS2. The van der Waals surface area contributed by atoms with Crippen LogP contribution in [-0.4, -0.2) is 15.2 Å². The van der Waals surface area contributed by atoms with Crippen LogP contribution in [0.3, 0.4) is 0 Å². The van der Waals surface area contributed by atoms with Gasteiger partial charge in [0.1, 0.15) is 16.7 Å². The molecule has 2 aromatic rings. The van der Waals surface area contributed by atoms with Crippen molar-refractivity contribution >= 4 is 44.6 Å². The number of azo groups is 1. The Bertz CT molecular complexity index is 1210. The summed E-state index contributed by atoms with van der Waals surface area (Å²) in [5.74, 6) is 0.0643. The van der Waals surface area contributed by atoms with Crippen LogP contribution in [0.2, 0.25) is 0 Å². The Labute approximate surface area is 170 Å². The maximum absolute atomic E-state index is 10.5. The van der Waals surface area contributed by atoms with E-state index >= 15 is 0 Å². The van der Waals surface area contributed by atoms with Crippen LogP contribution >= 0.6 is 23.6 Å². The van der Waals surface area contributed by atoms with Crippen molar-refractivity contribution in [2.45, 2.75) is 6.54 Å². The molecule has 0 atom stereocenters. The second-order valence-corrected chi connectivity index (χ2v) is 7.26. The molecule has 28 heavy (non-hydrogen) atoms. The third-order valence-electron chi connectivity index (χ3n) is 4.15. The highest BCUT2D eigenvalue weighted by atomic mass is 32.1. The molecule has 8 heteroatoms. The van der Waals surface area contributed by atoms with Crippen molar-refractivity contribution in [1.82, 2.24) is 10.3 Å². The van der Waals surface area contributed by atoms with Crippen LogP contribution in [0.25, 0.3) is 22.0 Å². The minimum Gasteiger partial charge on any atom is -0.507 e. The Morgan fingerprint density at radius 2 is 1.86 bits per heavy atom. The number of nitrogens with zero attached hydrogens (tertiary/aromatic N) is 4. The van der Waals surface area contributed by atoms with Crippen LogP contribution in [-0.2, 0) is 6.54 Å². The van der Waals surface area contributed by atoms with E-state index in [1.807, 2.05) is 48.5 Å². The number of aromatic nitrogens is 1. The third-order valence-corrected chi connectivity index (χ3v) is 5.23. The monoisotopic (exact) mass is 403 g/mol. The molecule has 1 aliphatic carbocycles. The average Bonchev–Trinajstić information content (AvgIpc) is 3.03. The first-order valence-electron chi connectivity index (χ1n) is 8.35. The number of hydrogen-bond acceptors (Lipinski definition) is 6. The van der Waals surface area contributed by atoms with Crippen LogP contribution in [0, 0.1) is 11.3 Å². The summed E-state index contributed by atoms with van der Waals surface area (Å²) in [6.07, 6.45) is 0. The predicted octanol–water partition coefficient (Wildman–Crippen LogP) is 5.14. The quantitative estimate of drug-likeness (QED) is 0.365. The second-order valence-electron chi connectivity index (χ2n) is 5.90. The maximum atomic E-state index is 10.5. The second kappa shape index (κ2) is 7.68. The number of benzene rings is 2. The van der Waals surface area contributed by atoms with Gasteiger partial charge in [0.2, 0.25) is 10.2 Å². The topological polar surface area (TPSA) is 93.7 Å². The summed E-state index contributed by atoms with van der Waals surface area (Å²) < 4.78 is 0. The van der Waals surface area contributed by atoms with Gasteiger partial charge in [-0.1, -0.05) is 65.9 Å². The van der Waals surface area contributed by atoms with Gasteiger partial charge in [-0.15, -0.1) is 10.2 Å². The highest BCUT2D eigenvalue weighted by molar-refractivity contribution is 7.80. The van der Waals surface area contributed by atoms with Gasteiger partial charge >= 0.3 is 0 Å². The summed E-state index contributed by atoms with van der Waals surface area (Å²) in [6, 6.07) is 19.3. The zero-order valence-electron chi connectivity index (χ0n) is 14.5. The first-order chi connectivity index (χ1) is 13.7. The number of rotatable bonds is 3. The Hall–Kier alpha value is -3.41. The van der Waals surface area contributed by atoms with Gasteiger partial charge in [0, 0.05) is 17.3 Å². The fourth-order valence-electron chi connectivity index (χ4n) is 2.89. The SMILES string of the molecule is N#Cc1sc(/N=N\C(=S)NCc2ccccc2)nc2c3ccccc3c(O)c1-2. The molecule has 1 heterocycles. The molecule has 0 unspecified atom stereocenters. The summed E-state index contributed by atoms with van der Waals surface area (Å²) in [6.45, 7) is 0.541. The molecule has 0 spiro atoms. The molecule has 0 amide bonds. The first-order valence-corrected chi connectivity index (χ1v) is 9.57. The van der Waals surface area contributed by atoms with E-state index in [1.54, 1.807) is 6.07 Å². The van der Waals surface area contributed by atoms with Crippen LogP contribution in [0.4, 0.5) is 5.13 Å². The van der Waals surface area contributed by atoms with Crippen LogP contribution < -0.4 is 5.32 Å². The summed E-state index contributed by atoms with van der Waals surface area (Å²) in [4.78, 5) is 4.81. The van der Waals surface area contributed by atoms with E-state index in [4.69, 9.17) is 12.2 Å². The van der Waals surface area contributed by atoms with Crippen molar-refractivity contribution in [2.24, 2.45) is 10.2 Å². The standard InChI is InChI=1S/C20H13N5OS2/c21-10-15-16-17(13-8-4-5-9-14(13)18(16)26)23-20(28-15)25-24-19(27)22-11-12-6-2-1-3-7-12/h1-9,26H,11H2,(H,22,27)/b25-24-. The van der Waals surface area contributed by atoms with E-state index in [1.165, 1.54) is 0 Å². The van der Waals surface area contributed by atoms with E-state index in [0.717, 1.165) is 22.3 Å². The molecule has 136 valence electrons. The van der Waals surface area contributed by atoms with Crippen LogP contribution in [0.15, 0.2) is 64.8 Å². The Kier molecular flexibility index (Phi) is 4.93. The van der Waals surface area contributed by atoms with Gasteiger partial charge in [-0.3, -0.25) is 0 Å². The Morgan fingerprint density at radius 3 is 2.61 bits per heavy atom.